The lowest BCUT2D eigenvalue weighted by Crippen LogP contribution is -2.51. The highest BCUT2D eigenvalue weighted by Gasteiger charge is 2.15. The molecular formula is C26H22N6O. The molecule has 1 saturated heterocycles. The Morgan fingerprint density at radius 3 is 2.36 bits per heavy atom. The van der Waals surface area contributed by atoms with Crippen molar-refractivity contribution in [1.82, 2.24) is 10.3 Å². The number of hydrogen-bond acceptors (Lipinski definition) is 6. The fourth-order valence-electron chi connectivity index (χ4n) is 3.66. The Morgan fingerprint density at radius 2 is 1.67 bits per heavy atom. The zero-order valence-electron chi connectivity index (χ0n) is 17.8. The lowest BCUT2D eigenvalue weighted by atomic mass is 10.1. The molecule has 5 rings (SSSR count). The molecule has 0 bridgehead atoms. The van der Waals surface area contributed by atoms with Crippen LogP contribution in [0.25, 0.3) is 10.9 Å². The van der Waals surface area contributed by atoms with Crippen molar-refractivity contribution >= 4 is 39.6 Å². The summed E-state index contributed by atoms with van der Waals surface area (Å²) in [6, 6.07) is 24.9. The van der Waals surface area contributed by atoms with Crippen molar-refractivity contribution in [3.8, 4) is 6.07 Å². The lowest BCUT2D eigenvalue weighted by Gasteiger charge is -2.29. The van der Waals surface area contributed by atoms with Crippen LogP contribution < -0.4 is 21.3 Å². The van der Waals surface area contributed by atoms with E-state index >= 15 is 0 Å². The maximum absolute atomic E-state index is 12.7. The Hall–Kier alpha value is -4.41. The van der Waals surface area contributed by atoms with Crippen molar-refractivity contribution in [2.45, 2.75) is 6.04 Å². The van der Waals surface area contributed by atoms with Gasteiger partial charge in [-0.2, -0.15) is 5.26 Å². The number of rotatable bonds is 6. The van der Waals surface area contributed by atoms with E-state index in [0.717, 1.165) is 46.7 Å². The average Bonchev–Trinajstić information content (AvgIpc) is 2.83. The Morgan fingerprint density at radius 1 is 0.939 bits per heavy atom. The van der Waals surface area contributed by atoms with Crippen LogP contribution in [0.3, 0.4) is 0 Å². The molecule has 1 aliphatic rings. The van der Waals surface area contributed by atoms with Crippen LogP contribution in [-0.2, 0) is 0 Å². The van der Waals surface area contributed by atoms with Crippen molar-refractivity contribution in [2.24, 2.45) is 0 Å². The number of carbonyl (C=O) groups is 1. The molecule has 1 fully saturated rings. The fraction of sp³-hybridized carbons (Fsp3) is 0.115. The molecule has 1 amide bonds. The van der Waals surface area contributed by atoms with Crippen molar-refractivity contribution in [1.29, 1.82) is 5.26 Å². The van der Waals surface area contributed by atoms with Crippen molar-refractivity contribution in [3.05, 3.63) is 90.1 Å². The normalized spacial score (nSPS) is 13.1. The van der Waals surface area contributed by atoms with E-state index in [4.69, 9.17) is 0 Å². The number of pyridine rings is 1. The van der Waals surface area contributed by atoms with Crippen molar-refractivity contribution in [3.63, 3.8) is 0 Å². The molecule has 7 nitrogen and oxygen atoms in total. The number of nitriles is 1. The van der Waals surface area contributed by atoms with Gasteiger partial charge < -0.3 is 21.3 Å². The second-order valence-electron chi connectivity index (χ2n) is 7.94. The Labute approximate surface area is 191 Å². The largest absolute Gasteiger partial charge is 0.380 e. The molecule has 0 saturated carbocycles. The van der Waals surface area contributed by atoms with Crippen LogP contribution in [0.4, 0.5) is 22.7 Å². The van der Waals surface area contributed by atoms with E-state index in [9.17, 15) is 10.1 Å². The Balaban J connectivity index is 1.25. The van der Waals surface area contributed by atoms with Crippen molar-refractivity contribution < 1.29 is 4.79 Å². The molecule has 0 atom stereocenters. The van der Waals surface area contributed by atoms with Gasteiger partial charge in [-0.05, 0) is 72.8 Å². The summed E-state index contributed by atoms with van der Waals surface area (Å²) < 4.78 is 0. The smallest absolute Gasteiger partial charge is 0.255 e. The number of anilines is 4. The zero-order chi connectivity index (χ0) is 22.6. The van der Waals surface area contributed by atoms with E-state index < -0.39 is 0 Å². The molecule has 0 unspecified atom stereocenters. The second kappa shape index (κ2) is 8.99. The highest BCUT2D eigenvalue weighted by molar-refractivity contribution is 6.04. The van der Waals surface area contributed by atoms with Gasteiger partial charge >= 0.3 is 0 Å². The van der Waals surface area contributed by atoms with Gasteiger partial charge in [0.2, 0.25) is 0 Å². The molecule has 0 aliphatic carbocycles. The van der Waals surface area contributed by atoms with Crippen LogP contribution in [0.2, 0.25) is 0 Å². The lowest BCUT2D eigenvalue weighted by molar-refractivity contribution is 0.102. The van der Waals surface area contributed by atoms with Crippen LogP contribution >= 0.6 is 0 Å². The van der Waals surface area contributed by atoms with Gasteiger partial charge in [0.15, 0.2) is 0 Å². The number of nitrogens with one attached hydrogen (secondary N) is 4. The molecule has 4 aromatic rings. The van der Waals surface area contributed by atoms with E-state index in [1.807, 2.05) is 54.6 Å². The molecule has 1 aromatic heterocycles. The average molecular weight is 435 g/mol. The number of hydrogen-bond donors (Lipinski definition) is 4. The summed E-state index contributed by atoms with van der Waals surface area (Å²) in [5.41, 5.74) is 5.42. The van der Waals surface area contributed by atoms with Gasteiger partial charge in [0.25, 0.3) is 5.91 Å². The van der Waals surface area contributed by atoms with Crippen LogP contribution in [0.15, 0.2) is 79.0 Å². The molecule has 4 N–H and O–H groups in total. The first-order valence-electron chi connectivity index (χ1n) is 10.7. The molecule has 2 heterocycles. The van der Waals surface area contributed by atoms with Gasteiger partial charge in [-0.1, -0.05) is 0 Å². The minimum absolute atomic E-state index is 0.168. The van der Waals surface area contributed by atoms with Gasteiger partial charge in [0.1, 0.15) is 0 Å². The number of carbonyl (C=O) groups excluding carboxylic acids is 1. The number of fused-ring (bicyclic) bond motifs is 1. The third kappa shape index (κ3) is 4.61. The number of benzene rings is 3. The maximum Gasteiger partial charge on any atom is 0.255 e. The predicted molar refractivity (Wildman–Crippen MR) is 131 cm³/mol. The summed E-state index contributed by atoms with van der Waals surface area (Å²) in [5.74, 6) is -0.168. The topological polar surface area (TPSA) is 102 Å². The SMILES string of the molecule is N#Cc1ccc2nccc(Nc3ccc(C(=O)Nc4ccc(NC5CNC5)cc4)cc3)c2c1. The van der Waals surface area contributed by atoms with E-state index in [1.165, 1.54) is 0 Å². The van der Waals surface area contributed by atoms with Gasteiger partial charge in [0, 0.05) is 53.0 Å². The molecule has 0 spiro atoms. The summed E-state index contributed by atoms with van der Waals surface area (Å²) in [4.78, 5) is 17.0. The van der Waals surface area contributed by atoms with Gasteiger partial charge in [-0.3, -0.25) is 9.78 Å². The third-order valence-corrected chi connectivity index (χ3v) is 5.59. The molecule has 7 heteroatoms. The second-order valence-corrected chi connectivity index (χ2v) is 7.94. The van der Waals surface area contributed by atoms with Crippen molar-refractivity contribution in [2.75, 3.05) is 29.0 Å². The predicted octanol–water partition coefficient (Wildman–Crippen LogP) is 4.49. The summed E-state index contributed by atoms with van der Waals surface area (Å²) in [6.45, 7) is 1.95. The van der Waals surface area contributed by atoms with E-state index in [0.29, 0.717) is 17.2 Å². The standard InChI is InChI=1S/C26H22N6O/c27-14-17-1-10-24-23(13-17)25(11-12-29-24)31-20-4-2-18(3-5-20)26(33)32-21-8-6-19(7-9-21)30-22-15-28-16-22/h1-13,22,28,30H,15-16H2,(H,29,31)(H,32,33). The monoisotopic (exact) mass is 434 g/mol. The molecule has 0 radical (unpaired) electrons. The first-order valence-corrected chi connectivity index (χ1v) is 10.7. The molecule has 162 valence electrons. The Kier molecular flexibility index (Phi) is 5.58. The first-order chi connectivity index (χ1) is 16.2. The first kappa shape index (κ1) is 20.5. The minimum Gasteiger partial charge on any atom is -0.380 e. The van der Waals surface area contributed by atoms with Gasteiger partial charge in [-0.25, -0.2) is 0 Å². The highest BCUT2D eigenvalue weighted by atomic mass is 16.1. The minimum atomic E-state index is -0.168. The third-order valence-electron chi connectivity index (χ3n) is 5.59. The zero-order valence-corrected chi connectivity index (χ0v) is 17.8. The van der Waals surface area contributed by atoms with Crippen LogP contribution in [0.1, 0.15) is 15.9 Å². The Bertz CT molecular complexity index is 1340. The quantitative estimate of drug-likeness (QED) is 0.357. The summed E-state index contributed by atoms with van der Waals surface area (Å²) in [7, 11) is 0. The number of aromatic nitrogens is 1. The van der Waals surface area contributed by atoms with Gasteiger partial charge in [-0.15, -0.1) is 0 Å². The molecular weight excluding hydrogens is 412 g/mol. The number of nitrogens with zero attached hydrogens (tertiary/aromatic N) is 2. The van der Waals surface area contributed by atoms with E-state index in [1.54, 1.807) is 24.4 Å². The maximum atomic E-state index is 12.7. The summed E-state index contributed by atoms with van der Waals surface area (Å²) >= 11 is 0. The van der Waals surface area contributed by atoms with E-state index in [-0.39, 0.29) is 5.91 Å². The summed E-state index contributed by atoms with van der Waals surface area (Å²) in [5, 5.41) is 23.0. The molecule has 1 aliphatic heterocycles. The number of amides is 1. The van der Waals surface area contributed by atoms with Gasteiger partial charge in [0.05, 0.1) is 23.2 Å². The molecule has 33 heavy (non-hydrogen) atoms. The fourth-order valence-corrected chi connectivity index (χ4v) is 3.66. The van der Waals surface area contributed by atoms with Crippen LogP contribution in [0, 0.1) is 11.3 Å². The van der Waals surface area contributed by atoms with Crippen LogP contribution in [0.5, 0.6) is 0 Å². The highest BCUT2D eigenvalue weighted by Crippen LogP contribution is 2.26. The van der Waals surface area contributed by atoms with Crippen LogP contribution in [-0.4, -0.2) is 30.0 Å². The summed E-state index contributed by atoms with van der Waals surface area (Å²) in [6.07, 6.45) is 1.72. The van der Waals surface area contributed by atoms with E-state index in [2.05, 4.69) is 32.3 Å². The molecule has 3 aromatic carbocycles.